The van der Waals surface area contributed by atoms with Gasteiger partial charge in [0.1, 0.15) is 0 Å². The molecule has 1 atom stereocenters. The van der Waals surface area contributed by atoms with Crippen molar-refractivity contribution in [2.24, 2.45) is 5.92 Å². The molecule has 2 aromatic carbocycles. The molecule has 2 rings (SSSR count). The maximum atomic E-state index is 12.5. The molecule has 2 aromatic rings. The summed E-state index contributed by atoms with van der Waals surface area (Å²) < 4.78 is 27.1. The lowest BCUT2D eigenvalue weighted by molar-refractivity contribution is -0.121. The van der Waals surface area contributed by atoms with Crippen molar-refractivity contribution >= 4 is 27.3 Å². The lowest BCUT2D eigenvalue weighted by atomic mass is 10.2. The van der Waals surface area contributed by atoms with Gasteiger partial charge in [0.05, 0.1) is 11.7 Å². The molecule has 0 aliphatic heterocycles. The Morgan fingerprint density at radius 3 is 2.25 bits per heavy atom. The summed E-state index contributed by atoms with van der Waals surface area (Å²) in [6.45, 7) is 3.55. The predicted octanol–water partition coefficient (Wildman–Crippen LogP) is 3.04. The van der Waals surface area contributed by atoms with Crippen molar-refractivity contribution in [2.75, 3.05) is 22.4 Å². The van der Waals surface area contributed by atoms with E-state index in [9.17, 15) is 13.2 Å². The molecule has 128 valence electrons. The first-order chi connectivity index (χ1) is 11.3. The van der Waals surface area contributed by atoms with E-state index in [4.69, 9.17) is 0 Å². The number of benzene rings is 2. The number of para-hydroxylation sites is 1. The maximum absolute atomic E-state index is 12.5. The van der Waals surface area contributed by atoms with Gasteiger partial charge in [0, 0.05) is 18.4 Å². The van der Waals surface area contributed by atoms with Crippen LogP contribution in [0, 0.1) is 12.8 Å². The van der Waals surface area contributed by atoms with Gasteiger partial charge in [0.15, 0.2) is 0 Å². The van der Waals surface area contributed by atoms with E-state index in [2.05, 4.69) is 4.72 Å². The molecule has 0 saturated heterocycles. The molecule has 5 nitrogen and oxygen atoms in total. The highest BCUT2D eigenvalue weighted by Gasteiger charge is 2.24. The van der Waals surface area contributed by atoms with Crippen LogP contribution in [0.2, 0.25) is 0 Å². The van der Waals surface area contributed by atoms with Crippen molar-refractivity contribution < 1.29 is 13.2 Å². The molecule has 0 spiro atoms. The number of carbonyl (C=O) groups is 1. The van der Waals surface area contributed by atoms with Crippen LogP contribution >= 0.6 is 0 Å². The van der Waals surface area contributed by atoms with Gasteiger partial charge in [0.2, 0.25) is 15.9 Å². The zero-order valence-corrected chi connectivity index (χ0v) is 14.9. The van der Waals surface area contributed by atoms with E-state index in [1.807, 2.05) is 49.4 Å². The minimum atomic E-state index is -3.60. The van der Waals surface area contributed by atoms with Crippen molar-refractivity contribution in [3.63, 3.8) is 0 Å². The van der Waals surface area contributed by atoms with E-state index in [-0.39, 0.29) is 11.7 Å². The molecule has 0 aliphatic carbocycles. The number of carbonyl (C=O) groups excluding carboxylic acids is 1. The Labute approximate surface area is 143 Å². The molecule has 0 saturated carbocycles. The van der Waals surface area contributed by atoms with E-state index in [1.165, 1.54) is 4.90 Å². The SMILES string of the molecule is Cc1ccc(NS(=O)(=O)CC(C)C(=O)N(C)c2ccccc2)cc1. The van der Waals surface area contributed by atoms with Crippen LogP contribution in [0.15, 0.2) is 54.6 Å². The molecular formula is C18H22N2O3S. The van der Waals surface area contributed by atoms with Crippen LogP contribution in [-0.4, -0.2) is 27.1 Å². The van der Waals surface area contributed by atoms with Gasteiger partial charge in [-0.15, -0.1) is 0 Å². The third kappa shape index (κ3) is 4.83. The minimum absolute atomic E-state index is 0.240. The third-order valence-corrected chi connectivity index (χ3v) is 5.18. The smallest absolute Gasteiger partial charge is 0.233 e. The fraction of sp³-hybridized carbons (Fsp3) is 0.278. The summed E-state index contributed by atoms with van der Waals surface area (Å²) in [5, 5.41) is 0. The molecule has 0 fully saturated rings. The quantitative estimate of drug-likeness (QED) is 0.874. The standard InChI is InChI=1S/C18H22N2O3S/c1-14-9-11-16(12-10-14)19-24(22,23)13-15(2)18(21)20(3)17-7-5-4-6-8-17/h4-12,15,19H,13H2,1-3H3. The van der Waals surface area contributed by atoms with Gasteiger partial charge in [-0.2, -0.15) is 0 Å². The lowest BCUT2D eigenvalue weighted by Crippen LogP contribution is -2.36. The van der Waals surface area contributed by atoms with Crippen LogP contribution in [0.25, 0.3) is 0 Å². The Bertz CT molecular complexity index is 787. The number of hydrogen-bond donors (Lipinski definition) is 1. The van der Waals surface area contributed by atoms with Gasteiger partial charge >= 0.3 is 0 Å². The first-order valence-corrected chi connectivity index (χ1v) is 9.33. The molecular weight excluding hydrogens is 324 g/mol. The maximum Gasteiger partial charge on any atom is 0.233 e. The fourth-order valence-corrected chi connectivity index (χ4v) is 3.73. The van der Waals surface area contributed by atoms with Gasteiger partial charge in [0.25, 0.3) is 0 Å². The predicted molar refractivity (Wildman–Crippen MR) is 97.6 cm³/mol. The fourth-order valence-electron chi connectivity index (χ4n) is 2.35. The van der Waals surface area contributed by atoms with E-state index in [0.717, 1.165) is 11.3 Å². The molecule has 0 bridgehead atoms. The number of rotatable bonds is 6. The van der Waals surface area contributed by atoms with Crippen molar-refractivity contribution in [1.82, 2.24) is 0 Å². The number of anilines is 2. The molecule has 0 heterocycles. The Balaban J connectivity index is 2.03. The van der Waals surface area contributed by atoms with Gasteiger partial charge in [-0.1, -0.05) is 42.8 Å². The van der Waals surface area contributed by atoms with Crippen molar-refractivity contribution in [1.29, 1.82) is 0 Å². The Morgan fingerprint density at radius 2 is 1.67 bits per heavy atom. The molecule has 6 heteroatoms. The highest BCUT2D eigenvalue weighted by molar-refractivity contribution is 7.92. The van der Waals surface area contributed by atoms with Crippen LogP contribution < -0.4 is 9.62 Å². The number of sulfonamides is 1. The molecule has 1 amide bonds. The summed E-state index contributed by atoms with van der Waals surface area (Å²) in [4.78, 5) is 13.9. The number of nitrogens with one attached hydrogen (secondary N) is 1. The normalized spacial score (nSPS) is 12.5. The number of amides is 1. The number of nitrogens with zero attached hydrogens (tertiary/aromatic N) is 1. The molecule has 0 aromatic heterocycles. The average molecular weight is 346 g/mol. The Morgan fingerprint density at radius 1 is 1.08 bits per heavy atom. The Hall–Kier alpha value is -2.34. The van der Waals surface area contributed by atoms with Crippen LogP contribution in [0.4, 0.5) is 11.4 Å². The van der Waals surface area contributed by atoms with Crippen molar-refractivity contribution in [2.45, 2.75) is 13.8 Å². The van der Waals surface area contributed by atoms with Gasteiger partial charge in [-0.25, -0.2) is 8.42 Å². The van der Waals surface area contributed by atoms with Gasteiger partial charge < -0.3 is 4.90 Å². The molecule has 0 aliphatic rings. The second kappa shape index (κ2) is 7.49. The van der Waals surface area contributed by atoms with Crippen molar-refractivity contribution in [3.8, 4) is 0 Å². The van der Waals surface area contributed by atoms with E-state index in [1.54, 1.807) is 26.1 Å². The average Bonchev–Trinajstić information content (AvgIpc) is 2.55. The third-order valence-electron chi connectivity index (χ3n) is 3.69. The topological polar surface area (TPSA) is 66.5 Å². The van der Waals surface area contributed by atoms with E-state index >= 15 is 0 Å². The zero-order chi connectivity index (χ0) is 17.7. The second-order valence-corrected chi connectivity index (χ2v) is 7.65. The van der Waals surface area contributed by atoms with Crippen LogP contribution in [0.3, 0.4) is 0 Å². The Kier molecular flexibility index (Phi) is 5.62. The summed E-state index contributed by atoms with van der Waals surface area (Å²) in [5.74, 6) is -1.16. The monoisotopic (exact) mass is 346 g/mol. The van der Waals surface area contributed by atoms with Crippen LogP contribution in [0.1, 0.15) is 12.5 Å². The number of hydrogen-bond acceptors (Lipinski definition) is 3. The summed E-state index contributed by atoms with van der Waals surface area (Å²) >= 11 is 0. The highest BCUT2D eigenvalue weighted by Crippen LogP contribution is 2.17. The molecule has 0 radical (unpaired) electrons. The van der Waals surface area contributed by atoms with Gasteiger partial charge in [-0.3, -0.25) is 9.52 Å². The number of aryl methyl sites for hydroxylation is 1. The summed E-state index contributed by atoms with van der Waals surface area (Å²) in [6.07, 6.45) is 0. The second-order valence-electron chi connectivity index (χ2n) is 5.88. The molecule has 1 unspecified atom stereocenters. The summed E-state index contributed by atoms with van der Waals surface area (Å²) in [6, 6.07) is 16.2. The minimum Gasteiger partial charge on any atom is -0.315 e. The summed E-state index contributed by atoms with van der Waals surface area (Å²) in [7, 11) is -1.96. The lowest BCUT2D eigenvalue weighted by Gasteiger charge is -2.21. The van der Waals surface area contributed by atoms with Crippen molar-refractivity contribution in [3.05, 3.63) is 60.2 Å². The largest absolute Gasteiger partial charge is 0.315 e. The zero-order valence-electron chi connectivity index (χ0n) is 14.1. The highest BCUT2D eigenvalue weighted by atomic mass is 32.2. The first-order valence-electron chi connectivity index (χ1n) is 7.68. The van der Waals surface area contributed by atoms with E-state index < -0.39 is 15.9 Å². The molecule has 24 heavy (non-hydrogen) atoms. The first kappa shape index (κ1) is 18.0. The van der Waals surface area contributed by atoms with E-state index in [0.29, 0.717) is 5.69 Å². The molecule has 1 N–H and O–H groups in total. The van der Waals surface area contributed by atoms with Gasteiger partial charge in [-0.05, 0) is 31.2 Å². The van der Waals surface area contributed by atoms with Crippen LogP contribution in [-0.2, 0) is 14.8 Å². The van der Waals surface area contributed by atoms with Crippen LogP contribution in [0.5, 0.6) is 0 Å². The summed E-state index contributed by atoms with van der Waals surface area (Å²) in [5.41, 5.74) is 2.28.